The van der Waals surface area contributed by atoms with Crippen molar-refractivity contribution in [3.63, 3.8) is 0 Å². The molecule has 6 heteroatoms. The van der Waals surface area contributed by atoms with Gasteiger partial charge in [0.2, 0.25) is 0 Å². The number of carbonyl (C=O) groups excluding carboxylic acids is 1. The van der Waals surface area contributed by atoms with E-state index < -0.39 is 0 Å². The lowest BCUT2D eigenvalue weighted by Gasteiger charge is -2.42. The normalized spacial score (nSPS) is 26.4. The average Bonchev–Trinajstić information content (AvgIpc) is 3.55. The van der Waals surface area contributed by atoms with E-state index in [4.69, 9.17) is 5.10 Å². The fourth-order valence-corrected chi connectivity index (χ4v) is 6.36. The summed E-state index contributed by atoms with van der Waals surface area (Å²) >= 11 is 0. The van der Waals surface area contributed by atoms with Gasteiger partial charge < -0.3 is 4.90 Å². The molecule has 5 rings (SSSR count). The highest BCUT2D eigenvalue weighted by atomic mass is 16.2. The minimum absolute atomic E-state index is 0.185. The molecule has 0 radical (unpaired) electrons. The quantitative estimate of drug-likeness (QED) is 0.745. The Balaban J connectivity index is 1.29. The lowest BCUT2D eigenvalue weighted by atomic mass is 9.89. The molecule has 1 aromatic rings. The highest BCUT2D eigenvalue weighted by molar-refractivity contribution is 5.94. The fourth-order valence-electron chi connectivity index (χ4n) is 6.36. The molecule has 2 aliphatic heterocycles. The van der Waals surface area contributed by atoms with Gasteiger partial charge in [0.25, 0.3) is 5.91 Å². The van der Waals surface area contributed by atoms with Gasteiger partial charge in [-0.15, -0.1) is 0 Å². The molecule has 6 nitrogen and oxygen atoms in total. The van der Waals surface area contributed by atoms with Crippen LogP contribution in [0, 0.1) is 0 Å². The molecule has 166 valence electrons. The Bertz CT molecular complexity index is 739. The number of aromatic nitrogens is 2. The van der Waals surface area contributed by atoms with E-state index in [9.17, 15) is 4.79 Å². The molecule has 0 bridgehead atoms. The van der Waals surface area contributed by atoms with Crippen molar-refractivity contribution in [3.05, 3.63) is 17.0 Å². The van der Waals surface area contributed by atoms with Gasteiger partial charge in [0.1, 0.15) is 0 Å². The van der Waals surface area contributed by atoms with Crippen molar-refractivity contribution in [2.24, 2.45) is 0 Å². The summed E-state index contributed by atoms with van der Waals surface area (Å²) < 4.78 is 2.16. The third kappa shape index (κ3) is 3.93. The van der Waals surface area contributed by atoms with Gasteiger partial charge in [-0.3, -0.25) is 19.3 Å². The van der Waals surface area contributed by atoms with Gasteiger partial charge in [-0.2, -0.15) is 5.10 Å². The Labute approximate surface area is 181 Å². The summed E-state index contributed by atoms with van der Waals surface area (Å²) in [5.41, 5.74) is 3.39. The van der Waals surface area contributed by atoms with Gasteiger partial charge in [-0.1, -0.05) is 19.8 Å². The van der Waals surface area contributed by atoms with Gasteiger partial charge in [0, 0.05) is 69.2 Å². The number of amides is 1. The number of aryl methyl sites for hydroxylation is 1. The monoisotopic (exact) mass is 413 g/mol. The number of hydrogen-bond donors (Lipinski definition) is 0. The summed E-state index contributed by atoms with van der Waals surface area (Å²) in [6.07, 6.45) is 12.3. The summed E-state index contributed by atoms with van der Waals surface area (Å²) in [5.74, 6) is 0.185. The van der Waals surface area contributed by atoms with E-state index in [2.05, 4.69) is 21.4 Å². The zero-order valence-corrected chi connectivity index (χ0v) is 18.8. The molecule has 3 heterocycles. The van der Waals surface area contributed by atoms with Crippen molar-refractivity contribution in [1.82, 2.24) is 24.5 Å². The van der Waals surface area contributed by atoms with E-state index >= 15 is 0 Å². The number of hydrogen-bond acceptors (Lipinski definition) is 4. The van der Waals surface area contributed by atoms with Crippen molar-refractivity contribution < 1.29 is 4.79 Å². The first-order chi connectivity index (χ1) is 14.7. The van der Waals surface area contributed by atoms with Crippen molar-refractivity contribution in [2.45, 2.75) is 89.8 Å². The third-order valence-corrected chi connectivity index (χ3v) is 8.06. The number of carbonyl (C=O) groups is 1. The standard InChI is InChI=1S/C24H39N5O/c1-2-11-29-22-10-9-20(27-16-14-26(15-17-27)19-7-3-4-8-19)18-21(22)23(25-29)24(30)28-12-5-6-13-28/h19-20H,2-18H2,1H3. The van der Waals surface area contributed by atoms with E-state index in [1.54, 1.807) is 0 Å². The molecule has 4 aliphatic rings. The van der Waals surface area contributed by atoms with Gasteiger partial charge in [-0.25, -0.2) is 0 Å². The molecule has 1 saturated carbocycles. The number of likely N-dealkylation sites (tertiary alicyclic amines) is 1. The van der Waals surface area contributed by atoms with Crippen LogP contribution in [0.3, 0.4) is 0 Å². The lowest BCUT2D eigenvalue weighted by Crippen LogP contribution is -2.53. The van der Waals surface area contributed by atoms with Crippen LogP contribution in [0.15, 0.2) is 0 Å². The zero-order chi connectivity index (χ0) is 20.5. The van der Waals surface area contributed by atoms with E-state index in [-0.39, 0.29) is 5.91 Å². The minimum Gasteiger partial charge on any atom is -0.337 e. The first-order valence-corrected chi connectivity index (χ1v) is 12.6. The van der Waals surface area contributed by atoms with Crippen LogP contribution in [0.2, 0.25) is 0 Å². The van der Waals surface area contributed by atoms with E-state index in [0.29, 0.717) is 6.04 Å². The lowest BCUT2D eigenvalue weighted by molar-refractivity contribution is 0.0651. The van der Waals surface area contributed by atoms with Crippen LogP contribution in [-0.4, -0.2) is 81.7 Å². The smallest absolute Gasteiger partial charge is 0.274 e. The highest BCUT2D eigenvalue weighted by Gasteiger charge is 2.35. The maximum Gasteiger partial charge on any atom is 0.274 e. The Hall–Kier alpha value is -1.40. The van der Waals surface area contributed by atoms with Crippen LogP contribution >= 0.6 is 0 Å². The molecule has 1 unspecified atom stereocenters. The van der Waals surface area contributed by atoms with Gasteiger partial charge in [0.05, 0.1) is 0 Å². The van der Waals surface area contributed by atoms with Gasteiger partial charge >= 0.3 is 0 Å². The Morgan fingerprint density at radius 1 is 0.900 bits per heavy atom. The summed E-state index contributed by atoms with van der Waals surface area (Å²) in [6.45, 7) is 9.77. The topological polar surface area (TPSA) is 44.6 Å². The van der Waals surface area contributed by atoms with Crippen LogP contribution in [0.5, 0.6) is 0 Å². The average molecular weight is 414 g/mol. The number of nitrogens with zero attached hydrogens (tertiary/aromatic N) is 5. The number of fused-ring (bicyclic) bond motifs is 1. The summed E-state index contributed by atoms with van der Waals surface area (Å²) in [4.78, 5) is 20.7. The molecule has 0 N–H and O–H groups in total. The fraction of sp³-hybridized carbons (Fsp3) is 0.833. The van der Waals surface area contributed by atoms with E-state index in [1.165, 1.54) is 69.5 Å². The first kappa shape index (κ1) is 20.5. The zero-order valence-electron chi connectivity index (χ0n) is 18.8. The molecule has 1 amide bonds. The van der Waals surface area contributed by atoms with Crippen LogP contribution < -0.4 is 0 Å². The van der Waals surface area contributed by atoms with Crippen molar-refractivity contribution in [1.29, 1.82) is 0 Å². The Morgan fingerprint density at radius 2 is 1.57 bits per heavy atom. The molecule has 0 spiro atoms. The molecule has 1 aromatic heterocycles. The van der Waals surface area contributed by atoms with Crippen LogP contribution in [0.4, 0.5) is 0 Å². The molecular formula is C24H39N5O. The Kier molecular flexibility index (Phi) is 6.15. The van der Waals surface area contributed by atoms with Crippen molar-refractivity contribution in [2.75, 3.05) is 39.3 Å². The van der Waals surface area contributed by atoms with Crippen LogP contribution in [0.25, 0.3) is 0 Å². The van der Waals surface area contributed by atoms with Gasteiger partial charge in [-0.05, 0) is 51.4 Å². The Morgan fingerprint density at radius 3 is 2.23 bits per heavy atom. The molecule has 2 saturated heterocycles. The van der Waals surface area contributed by atoms with Crippen molar-refractivity contribution >= 4 is 5.91 Å². The molecule has 30 heavy (non-hydrogen) atoms. The van der Waals surface area contributed by atoms with Gasteiger partial charge in [0.15, 0.2) is 5.69 Å². The molecule has 0 aromatic carbocycles. The number of rotatable bonds is 5. The molecule has 1 atom stereocenters. The second-order valence-corrected chi connectivity index (χ2v) is 9.90. The summed E-state index contributed by atoms with van der Waals surface area (Å²) in [7, 11) is 0. The largest absolute Gasteiger partial charge is 0.337 e. The van der Waals surface area contributed by atoms with Crippen molar-refractivity contribution in [3.8, 4) is 0 Å². The molecule has 2 aliphatic carbocycles. The SMILES string of the molecule is CCCn1nc(C(=O)N2CCCC2)c2c1CCC(N1CCN(C3CCCC3)CC1)C2. The molecule has 3 fully saturated rings. The molecular weight excluding hydrogens is 374 g/mol. The predicted molar refractivity (Wildman–Crippen MR) is 119 cm³/mol. The number of piperazine rings is 1. The predicted octanol–water partition coefficient (Wildman–Crippen LogP) is 2.95. The second-order valence-electron chi connectivity index (χ2n) is 9.90. The van der Waals surface area contributed by atoms with Crippen LogP contribution in [-0.2, 0) is 19.4 Å². The summed E-state index contributed by atoms with van der Waals surface area (Å²) in [6, 6.07) is 1.43. The highest BCUT2D eigenvalue weighted by Crippen LogP contribution is 2.31. The second kappa shape index (κ2) is 8.99. The van der Waals surface area contributed by atoms with E-state index in [1.807, 2.05) is 4.90 Å². The first-order valence-electron chi connectivity index (χ1n) is 12.6. The third-order valence-electron chi connectivity index (χ3n) is 8.06. The summed E-state index contributed by atoms with van der Waals surface area (Å²) in [5, 5.41) is 4.87. The minimum atomic E-state index is 0.185. The van der Waals surface area contributed by atoms with E-state index in [0.717, 1.165) is 63.5 Å². The maximum absolute atomic E-state index is 13.2. The van der Waals surface area contributed by atoms with Crippen LogP contribution in [0.1, 0.15) is 80.0 Å². The maximum atomic E-state index is 13.2.